The number of hydrogen-bond acceptors (Lipinski definition) is 3. The van der Waals surface area contributed by atoms with Crippen LogP contribution in [0.15, 0.2) is 48.5 Å². The molecule has 1 aliphatic carbocycles. The van der Waals surface area contributed by atoms with Gasteiger partial charge in [-0.15, -0.1) is 0 Å². The smallest absolute Gasteiger partial charge is 0.155 e. The van der Waals surface area contributed by atoms with Gasteiger partial charge in [-0.3, -0.25) is 0 Å². The van der Waals surface area contributed by atoms with Crippen molar-refractivity contribution in [3.05, 3.63) is 59.7 Å². The van der Waals surface area contributed by atoms with Crippen LogP contribution < -0.4 is 4.74 Å². The summed E-state index contributed by atoms with van der Waals surface area (Å²) in [7, 11) is 0. The predicted molar refractivity (Wildman–Crippen MR) is 114 cm³/mol. The molecule has 2 aromatic rings. The van der Waals surface area contributed by atoms with E-state index in [-0.39, 0.29) is 6.42 Å². The third-order valence-corrected chi connectivity index (χ3v) is 5.99. The molecule has 1 aliphatic rings. The van der Waals surface area contributed by atoms with Gasteiger partial charge in [0.05, 0.1) is 0 Å². The van der Waals surface area contributed by atoms with Crippen LogP contribution in [-0.4, -0.2) is 16.5 Å². The van der Waals surface area contributed by atoms with Crippen molar-refractivity contribution >= 4 is 0 Å². The first kappa shape index (κ1) is 20.9. The molecule has 0 unspecified atom stereocenters. The van der Waals surface area contributed by atoms with Crippen LogP contribution >= 0.6 is 0 Å². The summed E-state index contributed by atoms with van der Waals surface area (Å²) in [6.45, 7) is 2.28. The first-order valence-electron chi connectivity index (χ1n) is 10.9. The van der Waals surface area contributed by atoms with E-state index in [1.165, 1.54) is 56.9 Å². The Morgan fingerprint density at radius 3 is 2.04 bits per heavy atom. The maximum atomic E-state index is 9.03. The maximum absolute atomic E-state index is 9.03. The quantitative estimate of drug-likeness (QED) is 0.402. The van der Waals surface area contributed by atoms with Crippen molar-refractivity contribution in [2.24, 2.45) is 5.92 Å². The van der Waals surface area contributed by atoms with Crippen LogP contribution in [0.5, 0.6) is 11.5 Å². The second-order valence-corrected chi connectivity index (χ2v) is 8.21. The van der Waals surface area contributed by atoms with Gasteiger partial charge >= 0.3 is 0 Å². The summed E-state index contributed by atoms with van der Waals surface area (Å²) >= 11 is 0. The summed E-state index contributed by atoms with van der Waals surface area (Å²) in [4.78, 5) is 0. The molecule has 3 heteroatoms. The minimum atomic E-state index is -1.31. The van der Waals surface area contributed by atoms with Crippen molar-refractivity contribution in [3.8, 4) is 11.5 Å². The van der Waals surface area contributed by atoms with Crippen LogP contribution in [-0.2, 0) is 6.42 Å². The summed E-state index contributed by atoms with van der Waals surface area (Å²) in [5, 5.41) is 18.1. The van der Waals surface area contributed by atoms with Crippen LogP contribution in [0.3, 0.4) is 0 Å². The Kier molecular flexibility index (Phi) is 7.93. The molecule has 0 aliphatic heterocycles. The number of rotatable bonds is 9. The number of ether oxygens (including phenoxy) is 1. The zero-order valence-electron chi connectivity index (χ0n) is 17.0. The van der Waals surface area contributed by atoms with Gasteiger partial charge in [-0.1, -0.05) is 56.9 Å². The molecule has 0 heterocycles. The summed E-state index contributed by atoms with van der Waals surface area (Å²) in [6, 6.07) is 16.0. The lowest BCUT2D eigenvalue weighted by molar-refractivity contribution is -0.0381. The second kappa shape index (κ2) is 10.6. The zero-order chi connectivity index (χ0) is 19.8. The SMILES string of the molecule is CCCCCC1CCC(c2ccc(Oc3ccc(CC(O)O)cc3)cc2)CC1. The number of hydrogen-bond donors (Lipinski definition) is 2. The minimum absolute atomic E-state index is 0.232. The molecule has 0 radical (unpaired) electrons. The van der Waals surface area contributed by atoms with Crippen molar-refractivity contribution in [1.82, 2.24) is 0 Å². The Labute approximate surface area is 169 Å². The molecule has 2 aromatic carbocycles. The van der Waals surface area contributed by atoms with Crippen LogP contribution in [0.25, 0.3) is 0 Å². The fourth-order valence-corrected chi connectivity index (χ4v) is 4.32. The molecular formula is C25H34O3. The molecule has 0 saturated heterocycles. The van der Waals surface area contributed by atoms with Gasteiger partial charge in [0, 0.05) is 6.42 Å². The van der Waals surface area contributed by atoms with Gasteiger partial charge in [-0.2, -0.15) is 0 Å². The molecule has 152 valence electrons. The van der Waals surface area contributed by atoms with Gasteiger partial charge in [0.2, 0.25) is 0 Å². The molecule has 0 aromatic heterocycles. The first-order chi connectivity index (χ1) is 13.6. The lowest BCUT2D eigenvalue weighted by Crippen LogP contribution is -2.13. The standard InChI is InChI=1S/C25H34O3/c1-2-3-4-5-19-6-10-21(11-7-19)22-12-16-24(17-13-22)28-23-14-8-20(9-15-23)18-25(26)27/h8-9,12-17,19,21,25-27H,2-7,10-11,18H2,1H3. The van der Waals surface area contributed by atoms with E-state index in [1.807, 2.05) is 24.3 Å². The molecule has 28 heavy (non-hydrogen) atoms. The molecule has 3 nitrogen and oxygen atoms in total. The van der Waals surface area contributed by atoms with Crippen molar-refractivity contribution in [2.45, 2.75) is 76.9 Å². The predicted octanol–water partition coefficient (Wildman–Crippen LogP) is 6.19. The maximum Gasteiger partial charge on any atom is 0.155 e. The van der Waals surface area contributed by atoms with E-state index in [4.69, 9.17) is 14.9 Å². The van der Waals surface area contributed by atoms with Gasteiger partial charge in [0.25, 0.3) is 0 Å². The Balaban J connectivity index is 1.49. The van der Waals surface area contributed by atoms with E-state index in [2.05, 4.69) is 31.2 Å². The van der Waals surface area contributed by atoms with Gasteiger partial charge < -0.3 is 14.9 Å². The van der Waals surface area contributed by atoms with Gasteiger partial charge in [-0.25, -0.2) is 0 Å². The van der Waals surface area contributed by atoms with E-state index in [0.29, 0.717) is 5.92 Å². The van der Waals surface area contributed by atoms with Crippen molar-refractivity contribution in [3.63, 3.8) is 0 Å². The van der Waals surface area contributed by atoms with E-state index in [1.54, 1.807) is 0 Å². The molecule has 1 saturated carbocycles. The normalized spacial score (nSPS) is 19.7. The molecular weight excluding hydrogens is 348 g/mol. The number of aliphatic hydroxyl groups excluding tert-OH is 1. The molecule has 3 rings (SSSR count). The lowest BCUT2D eigenvalue weighted by atomic mass is 9.77. The zero-order valence-corrected chi connectivity index (χ0v) is 17.0. The fraction of sp³-hybridized carbons (Fsp3) is 0.520. The van der Waals surface area contributed by atoms with Gasteiger partial charge in [-0.05, 0) is 72.9 Å². The highest BCUT2D eigenvalue weighted by molar-refractivity contribution is 5.35. The number of unbranched alkanes of at least 4 members (excludes halogenated alkanes) is 2. The lowest BCUT2D eigenvalue weighted by Gasteiger charge is -2.29. The topological polar surface area (TPSA) is 49.7 Å². The highest BCUT2D eigenvalue weighted by atomic mass is 16.5. The summed E-state index contributed by atoms with van der Waals surface area (Å²) < 4.78 is 5.93. The molecule has 0 spiro atoms. The Hall–Kier alpha value is -1.84. The fourth-order valence-electron chi connectivity index (χ4n) is 4.32. The monoisotopic (exact) mass is 382 g/mol. The Morgan fingerprint density at radius 2 is 1.46 bits per heavy atom. The van der Waals surface area contributed by atoms with Crippen molar-refractivity contribution in [1.29, 1.82) is 0 Å². The first-order valence-corrected chi connectivity index (χ1v) is 10.9. The average Bonchev–Trinajstić information content (AvgIpc) is 2.70. The molecule has 0 atom stereocenters. The molecule has 0 bridgehead atoms. The molecule has 2 N–H and O–H groups in total. The van der Waals surface area contributed by atoms with E-state index in [9.17, 15) is 0 Å². The van der Waals surface area contributed by atoms with Gasteiger partial charge in [0.1, 0.15) is 11.5 Å². The Morgan fingerprint density at radius 1 is 0.857 bits per heavy atom. The highest BCUT2D eigenvalue weighted by Gasteiger charge is 2.22. The minimum Gasteiger partial charge on any atom is -0.457 e. The van der Waals surface area contributed by atoms with E-state index in [0.717, 1.165) is 23.0 Å². The largest absolute Gasteiger partial charge is 0.457 e. The molecule has 0 amide bonds. The summed E-state index contributed by atoms with van der Waals surface area (Å²) in [6.07, 6.45) is 9.82. The third kappa shape index (κ3) is 6.35. The van der Waals surface area contributed by atoms with Gasteiger partial charge in [0.15, 0.2) is 6.29 Å². The summed E-state index contributed by atoms with van der Waals surface area (Å²) in [5.74, 6) is 3.24. The van der Waals surface area contributed by atoms with E-state index >= 15 is 0 Å². The highest BCUT2D eigenvalue weighted by Crippen LogP contribution is 2.38. The number of benzene rings is 2. The second-order valence-electron chi connectivity index (χ2n) is 8.21. The van der Waals surface area contributed by atoms with Crippen molar-refractivity contribution < 1.29 is 14.9 Å². The third-order valence-electron chi connectivity index (χ3n) is 5.99. The van der Waals surface area contributed by atoms with Crippen molar-refractivity contribution in [2.75, 3.05) is 0 Å². The number of aliphatic hydroxyl groups is 2. The Bertz CT molecular complexity index is 683. The van der Waals surface area contributed by atoms with Crippen LogP contribution in [0.1, 0.15) is 75.3 Å². The van der Waals surface area contributed by atoms with Crippen LogP contribution in [0.2, 0.25) is 0 Å². The van der Waals surface area contributed by atoms with Crippen LogP contribution in [0.4, 0.5) is 0 Å². The average molecular weight is 383 g/mol. The van der Waals surface area contributed by atoms with Crippen LogP contribution in [0, 0.1) is 5.92 Å². The molecule has 1 fully saturated rings. The summed E-state index contributed by atoms with van der Waals surface area (Å²) in [5.41, 5.74) is 2.31. The van der Waals surface area contributed by atoms with E-state index < -0.39 is 6.29 Å².